The lowest BCUT2D eigenvalue weighted by Gasteiger charge is -2.39. The maximum absolute atomic E-state index is 10.2. The Kier molecular flexibility index (Phi) is 6.33. The number of methoxy groups -OCH3 is 1. The number of thiazole rings is 1. The van der Waals surface area contributed by atoms with Crippen molar-refractivity contribution in [1.82, 2.24) is 30.1 Å². The molecule has 0 bridgehead atoms. The van der Waals surface area contributed by atoms with Gasteiger partial charge in [0.2, 0.25) is 0 Å². The first-order valence-corrected chi connectivity index (χ1v) is 12.7. The zero-order valence-electron chi connectivity index (χ0n) is 20.5. The molecule has 9 nitrogen and oxygen atoms in total. The van der Waals surface area contributed by atoms with Crippen molar-refractivity contribution in [2.75, 3.05) is 38.2 Å². The van der Waals surface area contributed by atoms with Crippen LogP contribution in [0.4, 0.5) is 5.13 Å². The molecule has 1 atom stereocenters. The third-order valence-corrected chi connectivity index (χ3v) is 8.03. The molecule has 10 heteroatoms. The molecule has 0 aliphatic carbocycles. The lowest BCUT2D eigenvalue weighted by Crippen LogP contribution is -2.48. The van der Waals surface area contributed by atoms with Gasteiger partial charge in [-0.25, -0.2) is 9.67 Å². The van der Waals surface area contributed by atoms with Crippen LogP contribution in [0.15, 0.2) is 42.5 Å². The van der Waals surface area contributed by atoms with Crippen molar-refractivity contribution < 1.29 is 9.84 Å². The molecule has 0 unspecified atom stereocenters. The number of para-hydroxylation sites is 1. The molecule has 0 radical (unpaired) electrons. The lowest BCUT2D eigenvalue weighted by molar-refractivity contribution is 0.187. The average molecular weight is 494 g/mol. The standard InChI is InChI=1S/C25H31N7O2S/c1-5-25(2,3)32-23(27-28-29-32)22(17-10-11-19(33)20(16-17)34-4)30-12-14-31(15-13-30)24-26-18-8-6-7-9-21(18)35-24/h6-11,16,22,33H,5,12-15H2,1-4H3/t22-/m0/s1. The monoisotopic (exact) mass is 493 g/mol. The number of hydrogen-bond donors (Lipinski definition) is 1. The minimum absolute atomic E-state index is 0.115. The van der Waals surface area contributed by atoms with Gasteiger partial charge in [0, 0.05) is 26.2 Å². The number of rotatable bonds is 7. The summed E-state index contributed by atoms with van der Waals surface area (Å²) in [6, 6.07) is 13.6. The number of aromatic hydroxyl groups is 1. The Morgan fingerprint density at radius 1 is 1.11 bits per heavy atom. The maximum Gasteiger partial charge on any atom is 0.186 e. The van der Waals surface area contributed by atoms with E-state index in [0.29, 0.717) is 5.75 Å². The summed E-state index contributed by atoms with van der Waals surface area (Å²) < 4.78 is 8.57. The summed E-state index contributed by atoms with van der Waals surface area (Å²) >= 11 is 1.74. The Bertz CT molecular complexity index is 1280. The Balaban J connectivity index is 1.47. The van der Waals surface area contributed by atoms with Gasteiger partial charge in [-0.1, -0.05) is 36.5 Å². The van der Waals surface area contributed by atoms with Crippen LogP contribution in [-0.4, -0.2) is 68.5 Å². The number of hydrogen-bond acceptors (Lipinski definition) is 9. The molecule has 5 rings (SSSR count). The van der Waals surface area contributed by atoms with Gasteiger partial charge in [-0.05, 0) is 60.5 Å². The predicted molar refractivity (Wildman–Crippen MR) is 137 cm³/mol. The largest absolute Gasteiger partial charge is 0.504 e. The zero-order chi connectivity index (χ0) is 24.6. The van der Waals surface area contributed by atoms with Crippen molar-refractivity contribution in [3.05, 3.63) is 53.9 Å². The van der Waals surface area contributed by atoms with Crippen molar-refractivity contribution in [2.24, 2.45) is 0 Å². The van der Waals surface area contributed by atoms with Gasteiger partial charge in [0.1, 0.15) is 0 Å². The highest BCUT2D eigenvalue weighted by Gasteiger charge is 2.35. The summed E-state index contributed by atoms with van der Waals surface area (Å²) in [4.78, 5) is 9.61. The summed E-state index contributed by atoms with van der Waals surface area (Å²) in [7, 11) is 1.56. The summed E-state index contributed by atoms with van der Waals surface area (Å²) in [6.45, 7) is 9.78. The molecule has 3 heterocycles. The number of aromatic nitrogens is 5. The number of benzene rings is 2. The fraction of sp³-hybridized carbons (Fsp3) is 0.440. The summed E-state index contributed by atoms with van der Waals surface area (Å²) in [5.41, 5.74) is 1.79. The molecule has 0 saturated carbocycles. The first-order valence-electron chi connectivity index (χ1n) is 11.9. The van der Waals surface area contributed by atoms with Crippen LogP contribution in [0.1, 0.15) is 44.6 Å². The maximum atomic E-state index is 10.2. The molecule has 1 aliphatic rings. The molecule has 1 saturated heterocycles. The molecule has 4 aromatic rings. The van der Waals surface area contributed by atoms with Gasteiger partial charge in [-0.2, -0.15) is 0 Å². The number of ether oxygens (including phenoxy) is 1. The number of phenols is 1. The molecule has 2 aromatic carbocycles. The van der Waals surface area contributed by atoms with Crippen LogP contribution in [0.2, 0.25) is 0 Å². The van der Waals surface area contributed by atoms with Gasteiger partial charge in [-0.3, -0.25) is 4.90 Å². The van der Waals surface area contributed by atoms with E-state index in [2.05, 4.69) is 64.3 Å². The van der Waals surface area contributed by atoms with Crippen LogP contribution >= 0.6 is 11.3 Å². The van der Waals surface area contributed by atoms with Gasteiger partial charge in [0.05, 0.1) is 28.9 Å². The summed E-state index contributed by atoms with van der Waals surface area (Å²) in [6.07, 6.45) is 0.891. The molecular weight excluding hydrogens is 462 g/mol. The van der Waals surface area contributed by atoms with Crippen molar-refractivity contribution in [3.63, 3.8) is 0 Å². The van der Waals surface area contributed by atoms with E-state index in [9.17, 15) is 5.11 Å². The van der Waals surface area contributed by atoms with Gasteiger partial charge in [0.15, 0.2) is 22.5 Å². The predicted octanol–water partition coefficient (Wildman–Crippen LogP) is 4.05. The fourth-order valence-corrected chi connectivity index (χ4v) is 5.52. The Morgan fingerprint density at radius 2 is 1.89 bits per heavy atom. The molecular formula is C25H31N7O2S. The van der Waals surface area contributed by atoms with Crippen LogP contribution in [-0.2, 0) is 5.54 Å². The molecule has 0 amide bonds. The van der Waals surface area contributed by atoms with Crippen LogP contribution < -0.4 is 9.64 Å². The van der Waals surface area contributed by atoms with Crippen LogP contribution in [0.5, 0.6) is 11.5 Å². The molecule has 1 fully saturated rings. The van der Waals surface area contributed by atoms with Crippen LogP contribution in [0.25, 0.3) is 10.2 Å². The number of nitrogens with zero attached hydrogens (tertiary/aromatic N) is 7. The first-order chi connectivity index (χ1) is 16.9. The average Bonchev–Trinajstić information content (AvgIpc) is 3.53. The van der Waals surface area contributed by atoms with E-state index in [4.69, 9.17) is 9.72 Å². The highest BCUT2D eigenvalue weighted by Crippen LogP contribution is 2.37. The minimum atomic E-state index is -0.235. The van der Waals surface area contributed by atoms with Gasteiger partial charge in [-0.15, -0.1) is 5.10 Å². The fourth-order valence-electron chi connectivity index (χ4n) is 4.50. The minimum Gasteiger partial charge on any atom is -0.504 e. The quantitative estimate of drug-likeness (QED) is 0.412. The van der Waals surface area contributed by atoms with Gasteiger partial charge >= 0.3 is 0 Å². The third-order valence-electron chi connectivity index (χ3n) is 6.93. The number of fused-ring (bicyclic) bond motifs is 1. The SMILES string of the molecule is CCC(C)(C)n1nnnc1[C@H](c1ccc(O)c(OC)c1)N1CCN(c2nc3ccccc3s2)CC1. The normalized spacial score (nSPS) is 16.1. The molecule has 0 spiro atoms. The van der Waals surface area contributed by atoms with E-state index in [1.54, 1.807) is 24.5 Å². The molecule has 184 valence electrons. The topological polar surface area (TPSA) is 92.4 Å². The second-order valence-corrected chi connectivity index (χ2v) is 10.4. The molecule has 2 aromatic heterocycles. The van der Waals surface area contributed by atoms with E-state index in [0.717, 1.165) is 54.6 Å². The number of anilines is 1. The molecule has 1 N–H and O–H groups in total. The van der Waals surface area contributed by atoms with Crippen molar-refractivity contribution in [3.8, 4) is 11.5 Å². The second kappa shape index (κ2) is 9.43. The van der Waals surface area contributed by atoms with E-state index in [1.165, 1.54) is 4.70 Å². The van der Waals surface area contributed by atoms with Crippen molar-refractivity contribution in [1.29, 1.82) is 0 Å². The Labute approximate surface area is 209 Å². The Hall–Kier alpha value is -3.24. The van der Waals surface area contributed by atoms with E-state index in [1.807, 2.05) is 22.9 Å². The number of tetrazole rings is 1. The van der Waals surface area contributed by atoms with E-state index in [-0.39, 0.29) is 17.3 Å². The summed E-state index contributed by atoms with van der Waals surface area (Å²) in [5, 5.41) is 24.2. The van der Waals surface area contributed by atoms with Gasteiger partial charge in [0.25, 0.3) is 0 Å². The summed E-state index contributed by atoms with van der Waals surface area (Å²) in [5.74, 6) is 1.34. The second-order valence-electron chi connectivity index (χ2n) is 9.44. The van der Waals surface area contributed by atoms with Crippen molar-refractivity contribution in [2.45, 2.75) is 38.8 Å². The lowest BCUT2D eigenvalue weighted by atomic mass is 9.98. The Morgan fingerprint density at radius 3 is 2.60 bits per heavy atom. The zero-order valence-corrected chi connectivity index (χ0v) is 21.4. The molecule has 35 heavy (non-hydrogen) atoms. The third kappa shape index (κ3) is 4.43. The highest BCUT2D eigenvalue weighted by molar-refractivity contribution is 7.22. The van der Waals surface area contributed by atoms with Gasteiger partial charge < -0.3 is 14.7 Å². The number of piperazine rings is 1. The van der Waals surface area contributed by atoms with E-state index >= 15 is 0 Å². The van der Waals surface area contributed by atoms with Crippen LogP contribution in [0, 0.1) is 0 Å². The van der Waals surface area contributed by atoms with Crippen molar-refractivity contribution >= 4 is 26.7 Å². The number of phenolic OH excluding ortho intramolecular Hbond substituents is 1. The molecule has 1 aliphatic heterocycles. The van der Waals surface area contributed by atoms with E-state index < -0.39 is 0 Å². The highest BCUT2D eigenvalue weighted by atomic mass is 32.1. The van der Waals surface area contributed by atoms with Crippen LogP contribution in [0.3, 0.4) is 0 Å². The first kappa shape index (κ1) is 23.5. The smallest absolute Gasteiger partial charge is 0.186 e.